The standard InChI is InChI=1S/C20H19N3O4S2/c1-2-27-19(24)12-16-14-28-20(22-16)23-21-13-15-8-6-7-11-18(15)29(25,26)17-9-4-3-5-10-17/h3-11,13-14H,2,12H2,1H3,(H,22,23). The van der Waals surface area contributed by atoms with Crippen LogP contribution in [0.5, 0.6) is 0 Å². The van der Waals surface area contributed by atoms with Crippen LogP contribution < -0.4 is 5.43 Å². The third-order valence-electron chi connectivity index (χ3n) is 3.81. The van der Waals surface area contributed by atoms with Crippen LogP contribution in [-0.4, -0.2) is 32.2 Å². The molecular weight excluding hydrogens is 410 g/mol. The highest BCUT2D eigenvalue weighted by Crippen LogP contribution is 2.23. The molecule has 9 heteroatoms. The number of nitrogens with one attached hydrogen (secondary N) is 1. The molecule has 0 atom stereocenters. The van der Waals surface area contributed by atoms with Gasteiger partial charge in [-0.3, -0.25) is 10.2 Å². The van der Waals surface area contributed by atoms with Crippen LogP contribution in [-0.2, 0) is 25.8 Å². The van der Waals surface area contributed by atoms with Gasteiger partial charge in [0.1, 0.15) is 0 Å². The summed E-state index contributed by atoms with van der Waals surface area (Å²) in [4.78, 5) is 16.1. The molecule has 29 heavy (non-hydrogen) atoms. The Labute approximate surface area is 173 Å². The minimum absolute atomic E-state index is 0.0912. The zero-order valence-corrected chi connectivity index (χ0v) is 17.2. The molecule has 0 saturated heterocycles. The molecule has 0 aliphatic heterocycles. The van der Waals surface area contributed by atoms with Gasteiger partial charge in [-0.1, -0.05) is 36.4 Å². The quantitative estimate of drug-likeness (QED) is 0.334. The van der Waals surface area contributed by atoms with Crippen molar-refractivity contribution in [2.75, 3.05) is 12.0 Å². The van der Waals surface area contributed by atoms with E-state index in [-0.39, 0.29) is 22.2 Å². The Morgan fingerprint density at radius 1 is 1.17 bits per heavy atom. The molecule has 7 nitrogen and oxygen atoms in total. The first-order valence-corrected chi connectivity index (χ1v) is 11.1. The number of ether oxygens (including phenoxy) is 1. The molecule has 0 bridgehead atoms. The number of sulfone groups is 1. The highest BCUT2D eigenvalue weighted by molar-refractivity contribution is 7.91. The van der Waals surface area contributed by atoms with Gasteiger partial charge >= 0.3 is 5.97 Å². The number of benzene rings is 2. The third kappa shape index (κ3) is 5.27. The summed E-state index contributed by atoms with van der Waals surface area (Å²) in [6.07, 6.45) is 1.52. The Balaban J connectivity index is 1.74. The van der Waals surface area contributed by atoms with Crippen molar-refractivity contribution in [3.8, 4) is 0 Å². The van der Waals surface area contributed by atoms with E-state index in [4.69, 9.17) is 4.74 Å². The lowest BCUT2D eigenvalue weighted by Gasteiger charge is -2.07. The van der Waals surface area contributed by atoms with Crippen molar-refractivity contribution >= 4 is 38.5 Å². The van der Waals surface area contributed by atoms with Crippen molar-refractivity contribution in [2.45, 2.75) is 23.1 Å². The summed E-state index contributed by atoms with van der Waals surface area (Å²) in [5.41, 5.74) is 3.80. The number of nitrogens with zero attached hydrogens (tertiary/aromatic N) is 2. The zero-order chi connectivity index (χ0) is 20.7. The molecule has 0 aliphatic carbocycles. The molecule has 150 valence electrons. The first kappa shape index (κ1) is 20.7. The molecule has 0 spiro atoms. The van der Waals surface area contributed by atoms with Crippen molar-refractivity contribution in [1.29, 1.82) is 0 Å². The molecule has 0 radical (unpaired) electrons. The molecule has 2 aromatic carbocycles. The average molecular weight is 430 g/mol. The number of hydrogen-bond donors (Lipinski definition) is 1. The summed E-state index contributed by atoms with van der Waals surface area (Å²) in [5, 5.41) is 6.33. The predicted octanol–water partition coefficient (Wildman–Crippen LogP) is 3.53. The molecule has 3 rings (SSSR count). The first-order chi connectivity index (χ1) is 14.0. The van der Waals surface area contributed by atoms with E-state index in [9.17, 15) is 13.2 Å². The van der Waals surface area contributed by atoms with Gasteiger partial charge in [0.15, 0.2) is 0 Å². The normalized spacial score (nSPS) is 11.5. The Morgan fingerprint density at radius 3 is 2.66 bits per heavy atom. The lowest BCUT2D eigenvalue weighted by molar-refractivity contribution is -0.142. The van der Waals surface area contributed by atoms with Gasteiger partial charge in [-0.2, -0.15) is 5.10 Å². The van der Waals surface area contributed by atoms with Crippen molar-refractivity contribution in [2.24, 2.45) is 5.10 Å². The maximum absolute atomic E-state index is 12.9. The van der Waals surface area contributed by atoms with Crippen LogP contribution in [0, 0.1) is 0 Å². The predicted molar refractivity (Wildman–Crippen MR) is 112 cm³/mol. The van der Waals surface area contributed by atoms with Crippen LogP contribution in [0.25, 0.3) is 0 Å². The van der Waals surface area contributed by atoms with E-state index in [1.165, 1.54) is 17.6 Å². The number of carbonyl (C=O) groups excluding carboxylic acids is 1. The van der Waals surface area contributed by atoms with Crippen LogP contribution in [0.1, 0.15) is 18.2 Å². The van der Waals surface area contributed by atoms with Gasteiger partial charge in [-0.15, -0.1) is 11.3 Å². The fourth-order valence-electron chi connectivity index (χ4n) is 2.51. The van der Waals surface area contributed by atoms with Crippen molar-refractivity contribution < 1.29 is 17.9 Å². The number of thiazole rings is 1. The number of aromatic nitrogens is 1. The van der Waals surface area contributed by atoms with E-state index in [2.05, 4.69) is 15.5 Å². The second-order valence-corrected chi connectivity index (χ2v) is 8.63. The topological polar surface area (TPSA) is 97.7 Å². The van der Waals surface area contributed by atoms with E-state index in [0.29, 0.717) is 23.0 Å². The first-order valence-electron chi connectivity index (χ1n) is 8.79. The summed E-state index contributed by atoms with van der Waals surface area (Å²) in [5.74, 6) is -0.340. The zero-order valence-electron chi connectivity index (χ0n) is 15.6. The number of anilines is 1. The number of esters is 1. The molecule has 0 saturated carbocycles. The summed E-state index contributed by atoms with van der Waals surface area (Å²) < 4.78 is 30.7. The van der Waals surface area contributed by atoms with Crippen LogP contribution >= 0.6 is 11.3 Å². The van der Waals surface area contributed by atoms with E-state index in [1.807, 2.05) is 0 Å². The Hall–Kier alpha value is -3.04. The summed E-state index contributed by atoms with van der Waals surface area (Å²) in [6.45, 7) is 2.07. The Kier molecular flexibility index (Phi) is 6.73. The highest BCUT2D eigenvalue weighted by Gasteiger charge is 2.19. The van der Waals surface area contributed by atoms with Gasteiger partial charge in [-0.25, -0.2) is 13.4 Å². The monoisotopic (exact) mass is 429 g/mol. The van der Waals surface area contributed by atoms with Crippen LogP contribution in [0.15, 0.2) is 74.9 Å². The molecular formula is C20H19N3O4S2. The highest BCUT2D eigenvalue weighted by atomic mass is 32.2. The minimum atomic E-state index is -3.66. The largest absolute Gasteiger partial charge is 0.466 e. The summed E-state index contributed by atoms with van der Waals surface area (Å²) >= 11 is 1.29. The van der Waals surface area contributed by atoms with Gasteiger partial charge in [0.2, 0.25) is 15.0 Å². The van der Waals surface area contributed by atoms with E-state index in [0.717, 1.165) is 0 Å². The van der Waals surface area contributed by atoms with Crippen LogP contribution in [0.3, 0.4) is 0 Å². The SMILES string of the molecule is CCOC(=O)Cc1csc(NN=Cc2ccccc2S(=O)(=O)c2ccccc2)n1. The lowest BCUT2D eigenvalue weighted by Crippen LogP contribution is -2.07. The van der Waals surface area contributed by atoms with Gasteiger partial charge in [-0.05, 0) is 25.1 Å². The van der Waals surface area contributed by atoms with E-state index < -0.39 is 9.84 Å². The van der Waals surface area contributed by atoms with Gasteiger partial charge < -0.3 is 4.74 Å². The maximum atomic E-state index is 12.9. The second kappa shape index (κ2) is 9.44. The number of hydrogen-bond acceptors (Lipinski definition) is 8. The van der Waals surface area contributed by atoms with Crippen LogP contribution in [0.4, 0.5) is 5.13 Å². The van der Waals surface area contributed by atoms with E-state index >= 15 is 0 Å². The van der Waals surface area contributed by atoms with E-state index in [1.54, 1.807) is 66.9 Å². The van der Waals surface area contributed by atoms with Crippen LogP contribution in [0.2, 0.25) is 0 Å². The fourth-order valence-corrected chi connectivity index (χ4v) is 4.63. The molecule has 1 N–H and O–H groups in total. The Morgan fingerprint density at radius 2 is 1.90 bits per heavy atom. The Bertz CT molecular complexity index is 1110. The lowest BCUT2D eigenvalue weighted by atomic mass is 10.2. The molecule has 0 fully saturated rings. The summed E-state index contributed by atoms with van der Waals surface area (Å²) in [7, 11) is -3.66. The molecule has 1 heterocycles. The van der Waals surface area contributed by atoms with Crippen molar-refractivity contribution in [3.63, 3.8) is 0 Å². The maximum Gasteiger partial charge on any atom is 0.311 e. The molecule has 0 amide bonds. The summed E-state index contributed by atoms with van der Waals surface area (Å²) in [6, 6.07) is 14.9. The fraction of sp³-hybridized carbons (Fsp3) is 0.150. The average Bonchev–Trinajstić information content (AvgIpc) is 3.16. The number of rotatable bonds is 8. The molecule has 1 aromatic heterocycles. The molecule has 0 aliphatic rings. The minimum Gasteiger partial charge on any atom is -0.466 e. The third-order valence-corrected chi connectivity index (χ3v) is 6.45. The van der Waals surface area contributed by atoms with Crippen molar-refractivity contribution in [3.05, 3.63) is 71.2 Å². The number of hydrazone groups is 1. The number of carbonyl (C=O) groups is 1. The molecule has 0 unspecified atom stereocenters. The van der Waals surface area contributed by atoms with Gasteiger partial charge in [0.05, 0.1) is 34.7 Å². The van der Waals surface area contributed by atoms with Crippen molar-refractivity contribution in [1.82, 2.24) is 4.98 Å². The van der Waals surface area contributed by atoms with Gasteiger partial charge in [0, 0.05) is 10.9 Å². The second-order valence-electron chi connectivity index (χ2n) is 5.85. The molecule has 3 aromatic rings. The smallest absolute Gasteiger partial charge is 0.311 e. The van der Waals surface area contributed by atoms with Gasteiger partial charge in [0.25, 0.3) is 0 Å².